The second-order valence-electron chi connectivity index (χ2n) is 3.98. The standard InChI is InChI=1S/C13H17N3S2/c1-3-10(14)9-7-5-6-8-11(9)17-13-15-12(4-2)16-18-13/h5-8,10H,3-4,14H2,1-2H3/t10-/m0/s1. The van der Waals surface area contributed by atoms with Gasteiger partial charge in [-0.25, -0.2) is 4.98 Å². The Morgan fingerprint density at radius 3 is 2.78 bits per heavy atom. The van der Waals surface area contributed by atoms with Crippen molar-refractivity contribution in [3.8, 4) is 0 Å². The first kappa shape index (κ1) is 13.5. The fourth-order valence-corrected chi connectivity index (χ4v) is 3.47. The molecule has 1 aromatic carbocycles. The Balaban J connectivity index is 2.23. The monoisotopic (exact) mass is 279 g/mol. The highest BCUT2D eigenvalue weighted by molar-refractivity contribution is 8.01. The zero-order valence-corrected chi connectivity index (χ0v) is 12.2. The van der Waals surface area contributed by atoms with Gasteiger partial charge in [-0.3, -0.25) is 0 Å². The van der Waals surface area contributed by atoms with E-state index in [-0.39, 0.29) is 6.04 Å². The number of benzene rings is 1. The Morgan fingerprint density at radius 1 is 1.33 bits per heavy atom. The second kappa shape index (κ2) is 6.31. The predicted octanol–water partition coefficient (Wildman–Crippen LogP) is 3.66. The van der Waals surface area contributed by atoms with Crippen LogP contribution in [0.1, 0.15) is 37.7 Å². The molecular weight excluding hydrogens is 262 g/mol. The van der Waals surface area contributed by atoms with Gasteiger partial charge in [0, 0.05) is 17.4 Å². The zero-order chi connectivity index (χ0) is 13.0. The highest BCUT2D eigenvalue weighted by Gasteiger charge is 2.12. The van der Waals surface area contributed by atoms with Crippen molar-refractivity contribution in [3.05, 3.63) is 35.7 Å². The van der Waals surface area contributed by atoms with Gasteiger partial charge in [0.25, 0.3) is 0 Å². The Hall–Kier alpha value is -0.910. The van der Waals surface area contributed by atoms with Gasteiger partial charge in [-0.15, -0.1) is 0 Å². The van der Waals surface area contributed by atoms with Crippen LogP contribution in [0.5, 0.6) is 0 Å². The number of aryl methyl sites for hydroxylation is 1. The van der Waals surface area contributed by atoms with Gasteiger partial charge in [-0.2, -0.15) is 4.37 Å². The van der Waals surface area contributed by atoms with E-state index in [4.69, 9.17) is 5.73 Å². The number of hydrogen-bond donors (Lipinski definition) is 1. The lowest BCUT2D eigenvalue weighted by Crippen LogP contribution is -2.09. The van der Waals surface area contributed by atoms with Crippen LogP contribution >= 0.6 is 23.3 Å². The summed E-state index contributed by atoms with van der Waals surface area (Å²) in [6.45, 7) is 4.17. The third kappa shape index (κ3) is 3.10. The summed E-state index contributed by atoms with van der Waals surface area (Å²) in [5, 5.41) is 0. The van der Waals surface area contributed by atoms with E-state index in [0.717, 1.165) is 23.0 Å². The molecule has 0 spiro atoms. The summed E-state index contributed by atoms with van der Waals surface area (Å²) < 4.78 is 5.29. The lowest BCUT2D eigenvalue weighted by atomic mass is 10.1. The fourth-order valence-electron chi connectivity index (χ4n) is 1.62. The van der Waals surface area contributed by atoms with E-state index in [0.29, 0.717) is 0 Å². The fraction of sp³-hybridized carbons (Fsp3) is 0.385. The lowest BCUT2D eigenvalue weighted by Gasteiger charge is -2.13. The predicted molar refractivity (Wildman–Crippen MR) is 77.1 cm³/mol. The minimum atomic E-state index is 0.0901. The van der Waals surface area contributed by atoms with Gasteiger partial charge in [0.1, 0.15) is 5.82 Å². The quantitative estimate of drug-likeness (QED) is 0.907. The lowest BCUT2D eigenvalue weighted by molar-refractivity contribution is 0.685. The molecule has 0 radical (unpaired) electrons. The number of rotatable bonds is 5. The summed E-state index contributed by atoms with van der Waals surface area (Å²) in [5.74, 6) is 0.916. The van der Waals surface area contributed by atoms with Gasteiger partial charge in [-0.1, -0.05) is 43.8 Å². The van der Waals surface area contributed by atoms with Crippen molar-refractivity contribution in [2.24, 2.45) is 5.73 Å². The second-order valence-corrected chi connectivity index (χ2v) is 6.03. The topological polar surface area (TPSA) is 51.8 Å². The number of nitrogens with zero attached hydrogens (tertiary/aromatic N) is 2. The molecule has 18 heavy (non-hydrogen) atoms. The minimum absolute atomic E-state index is 0.0901. The summed E-state index contributed by atoms with van der Waals surface area (Å²) in [7, 11) is 0. The number of hydrogen-bond acceptors (Lipinski definition) is 5. The third-order valence-electron chi connectivity index (χ3n) is 2.72. The molecule has 0 unspecified atom stereocenters. The van der Waals surface area contributed by atoms with Crippen LogP contribution in [0.15, 0.2) is 33.5 Å². The number of nitrogens with two attached hydrogens (primary N) is 1. The van der Waals surface area contributed by atoms with Crippen molar-refractivity contribution in [2.45, 2.75) is 42.0 Å². The summed E-state index contributed by atoms with van der Waals surface area (Å²) in [6.07, 6.45) is 1.82. The molecule has 1 atom stereocenters. The van der Waals surface area contributed by atoms with Gasteiger partial charge >= 0.3 is 0 Å². The van der Waals surface area contributed by atoms with Crippen molar-refractivity contribution >= 4 is 23.3 Å². The van der Waals surface area contributed by atoms with E-state index in [1.54, 1.807) is 11.8 Å². The largest absolute Gasteiger partial charge is 0.324 e. The van der Waals surface area contributed by atoms with Crippen LogP contribution in [0.3, 0.4) is 0 Å². The maximum Gasteiger partial charge on any atom is 0.174 e. The highest BCUT2D eigenvalue weighted by atomic mass is 32.2. The molecule has 96 valence electrons. The average Bonchev–Trinajstić information content (AvgIpc) is 2.86. The van der Waals surface area contributed by atoms with Crippen molar-refractivity contribution < 1.29 is 0 Å². The molecule has 2 aromatic rings. The Labute approximate surface area is 116 Å². The first-order valence-electron chi connectivity index (χ1n) is 6.09. The summed E-state index contributed by atoms with van der Waals surface area (Å²) in [5.41, 5.74) is 7.33. The molecule has 2 rings (SSSR count). The molecule has 0 aliphatic heterocycles. The van der Waals surface area contributed by atoms with Gasteiger partial charge in [0.2, 0.25) is 0 Å². The van der Waals surface area contributed by atoms with E-state index in [9.17, 15) is 0 Å². The van der Waals surface area contributed by atoms with Crippen LogP contribution in [0.25, 0.3) is 0 Å². The van der Waals surface area contributed by atoms with Crippen molar-refractivity contribution in [3.63, 3.8) is 0 Å². The Morgan fingerprint density at radius 2 is 2.11 bits per heavy atom. The Kier molecular flexibility index (Phi) is 4.74. The van der Waals surface area contributed by atoms with Crippen molar-refractivity contribution in [2.75, 3.05) is 0 Å². The van der Waals surface area contributed by atoms with Crippen LogP contribution in [0.4, 0.5) is 0 Å². The normalized spacial score (nSPS) is 12.6. The van der Waals surface area contributed by atoms with E-state index in [2.05, 4.69) is 35.3 Å². The first-order valence-corrected chi connectivity index (χ1v) is 7.68. The molecule has 0 aliphatic rings. The van der Waals surface area contributed by atoms with E-state index in [1.807, 2.05) is 12.1 Å². The van der Waals surface area contributed by atoms with Crippen LogP contribution in [-0.2, 0) is 6.42 Å². The molecule has 0 saturated carbocycles. The van der Waals surface area contributed by atoms with Crippen molar-refractivity contribution in [1.82, 2.24) is 9.36 Å². The smallest absolute Gasteiger partial charge is 0.174 e. The van der Waals surface area contributed by atoms with Crippen LogP contribution < -0.4 is 5.73 Å². The Bertz CT molecular complexity index is 510. The summed E-state index contributed by atoms with van der Waals surface area (Å²) in [6, 6.07) is 8.36. The molecule has 0 saturated heterocycles. The molecule has 5 heteroatoms. The molecular formula is C13H17N3S2. The highest BCUT2D eigenvalue weighted by Crippen LogP contribution is 2.34. The molecule has 0 aliphatic carbocycles. The summed E-state index contributed by atoms with van der Waals surface area (Å²) >= 11 is 3.12. The molecule has 3 nitrogen and oxygen atoms in total. The van der Waals surface area contributed by atoms with Gasteiger partial charge in [0.05, 0.1) is 0 Å². The van der Waals surface area contributed by atoms with Gasteiger partial charge in [0.15, 0.2) is 4.34 Å². The summed E-state index contributed by atoms with van der Waals surface area (Å²) in [4.78, 5) is 5.67. The molecule has 0 amide bonds. The van der Waals surface area contributed by atoms with Crippen molar-refractivity contribution in [1.29, 1.82) is 0 Å². The van der Waals surface area contributed by atoms with Gasteiger partial charge in [-0.05, 0) is 29.6 Å². The van der Waals surface area contributed by atoms with Crippen LogP contribution in [0.2, 0.25) is 0 Å². The number of aromatic nitrogens is 2. The van der Waals surface area contributed by atoms with Crippen LogP contribution in [-0.4, -0.2) is 9.36 Å². The maximum absolute atomic E-state index is 6.13. The zero-order valence-electron chi connectivity index (χ0n) is 10.6. The van der Waals surface area contributed by atoms with E-state index >= 15 is 0 Å². The maximum atomic E-state index is 6.13. The molecule has 1 heterocycles. The SMILES string of the molecule is CCc1nsc(Sc2ccccc2[C@@H](N)CC)n1. The first-order chi connectivity index (χ1) is 8.74. The minimum Gasteiger partial charge on any atom is -0.324 e. The molecule has 2 N–H and O–H groups in total. The molecule has 0 bridgehead atoms. The molecule has 0 fully saturated rings. The van der Waals surface area contributed by atoms with E-state index in [1.165, 1.54) is 22.0 Å². The third-order valence-corrected chi connectivity index (χ3v) is 4.60. The molecule has 1 aromatic heterocycles. The van der Waals surface area contributed by atoms with Gasteiger partial charge < -0.3 is 5.73 Å². The van der Waals surface area contributed by atoms with Crippen LogP contribution in [0, 0.1) is 0 Å². The average molecular weight is 279 g/mol. The van der Waals surface area contributed by atoms with E-state index < -0.39 is 0 Å².